The number of pyridine rings is 1. The van der Waals surface area contributed by atoms with Gasteiger partial charge in [-0.3, -0.25) is 0 Å². The third-order valence-corrected chi connectivity index (χ3v) is 5.66. The van der Waals surface area contributed by atoms with Crippen LogP contribution in [0, 0.1) is 0 Å². The Morgan fingerprint density at radius 1 is 1.39 bits per heavy atom. The normalized spacial score (nSPS) is 25.5. The number of anilines is 1. The molecule has 2 bridgehead atoms. The van der Waals surface area contributed by atoms with Crippen molar-refractivity contribution in [3.63, 3.8) is 0 Å². The Morgan fingerprint density at radius 2 is 2.29 bits per heavy atom. The fourth-order valence-corrected chi connectivity index (χ4v) is 4.24. The monoisotopic (exact) mass is 384 g/mol. The number of esters is 1. The summed E-state index contributed by atoms with van der Waals surface area (Å²) in [5.41, 5.74) is 1.73. The van der Waals surface area contributed by atoms with E-state index in [1.54, 1.807) is 17.8 Å². The van der Waals surface area contributed by atoms with Gasteiger partial charge in [0, 0.05) is 31.3 Å². The van der Waals surface area contributed by atoms with Crippen molar-refractivity contribution in [1.29, 1.82) is 0 Å². The number of carbonyl (C=O) groups excluding carboxylic acids is 1. The van der Waals surface area contributed by atoms with Gasteiger partial charge in [-0.05, 0) is 32.4 Å². The Bertz CT molecular complexity index is 894. The summed E-state index contributed by atoms with van der Waals surface area (Å²) in [6.45, 7) is 6.45. The van der Waals surface area contributed by atoms with Crippen LogP contribution in [0.15, 0.2) is 18.3 Å². The average Bonchev–Trinajstić information content (AvgIpc) is 3.42. The van der Waals surface area contributed by atoms with Gasteiger partial charge in [0.2, 0.25) is 5.88 Å². The van der Waals surface area contributed by atoms with Crippen LogP contribution < -0.4 is 9.64 Å². The highest BCUT2D eigenvalue weighted by molar-refractivity contribution is 5.98. The lowest BCUT2D eigenvalue weighted by Gasteiger charge is -2.27. The topological polar surface area (TPSA) is 78.7 Å². The number of ether oxygens (including phenoxy) is 3. The molecule has 0 N–H and O–H groups in total. The van der Waals surface area contributed by atoms with E-state index < -0.39 is 5.97 Å². The molecule has 5 heterocycles. The molecule has 0 unspecified atom stereocenters. The molecule has 0 aromatic carbocycles. The molecule has 0 radical (unpaired) electrons. The molecule has 0 saturated carbocycles. The maximum absolute atomic E-state index is 12.6. The smallest absolute Gasteiger partial charge is 0.345 e. The van der Waals surface area contributed by atoms with Crippen LogP contribution in [0.2, 0.25) is 0 Å². The van der Waals surface area contributed by atoms with Gasteiger partial charge in [-0.15, -0.1) is 0 Å². The molecule has 2 aromatic heterocycles. The van der Waals surface area contributed by atoms with E-state index in [-0.39, 0.29) is 6.10 Å². The van der Waals surface area contributed by atoms with Gasteiger partial charge in [0.05, 0.1) is 31.5 Å². The van der Waals surface area contributed by atoms with Gasteiger partial charge >= 0.3 is 5.97 Å². The first-order valence-corrected chi connectivity index (χ1v) is 9.93. The lowest BCUT2D eigenvalue weighted by atomic mass is 10.1. The highest BCUT2D eigenvalue weighted by Gasteiger charge is 2.39. The summed E-state index contributed by atoms with van der Waals surface area (Å²) in [4.78, 5) is 19.6. The zero-order valence-electron chi connectivity index (χ0n) is 16.1. The number of nitrogens with zero attached hydrogens (tertiary/aromatic N) is 4. The summed E-state index contributed by atoms with van der Waals surface area (Å²) in [7, 11) is 0. The molecule has 2 fully saturated rings. The third kappa shape index (κ3) is 2.83. The zero-order chi connectivity index (χ0) is 19.3. The number of aryl methyl sites for hydroxylation is 1. The summed E-state index contributed by atoms with van der Waals surface area (Å²) < 4.78 is 18.6. The molecule has 5 rings (SSSR count). The SMILES string of the molecule is CCOC(=O)c1c(-c2ccc(N3C[C@@H]4C[C@H]3CO4)nc2)nn2c1O[C@H](C)CC2. The lowest BCUT2D eigenvalue weighted by molar-refractivity contribution is 0.0515. The van der Waals surface area contributed by atoms with E-state index in [9.17, 15) is 4.79 Å². The van der Waals surface area contributed by atoms with Crippen molar-refractivity contribution >= 4 is 11.8 Å². The van der Waals surface area contributed by atoms with Crippen molar-refractivity contribution in [1.82, 2.24) is 14.8 Å². The van der Waals surface area contributed by atoms with Crippen LogP contribution in [0.3, 0.4) is 0 Å². The Morgan fingerprint density at radius 3 is 2.96 bits per heavy atom. The van der Waals surface area contributed by atoms with Crippen molar-refractivity contribution in [2.24, 2.45) is 0 Å². The molecule has 0 spiro atoms. The Balaban J connectivity index is 1.49. The largest absolute Gasteiger partial charge is 0.474 e. The van der Waals surface area contributed by atoms with Gasteiger partial charge in [-0.25, -0.2) is 14.5 Å². The maximum atomic E-state index is 12.6. The number of rotatable bonds is 4. The van der Waals surface area contributed by atoms with Gasteiger partial charge in [0.1, 0.15) is 17.1 Å². The molecule has 0 aliphatic carbocycles. The van der Waals surface area contributed by atoms with E-state index in [0.29, 0.717) is 42.4 Å². The molecule has 148 valence electrons. The third-order valence-electron chi connectivity index (χ3n) is 5.66. The second-order valence-corrected chi connectivity index (χ2v) is 7.59. The first-order valence-electron chi connectivity index (χ1n) is 9.93. The second-order valence-electron chi connectivity index (χ2n) is 7.59. The zero-order valence-corrected chi connectivity index (χ0v) is 16.1. The Kier molecular flexibility index (Phi) is 4.23. The predicted octanol–water partition coefficient (Wildman–Crippen LogP) is 2.27. The Hall–Kier alpha value is -2.61. The van der Waals surface area contributed by atoms with E-state index in [1.165, 1.54) is 0 Å². The number of aromatic nitrogens is 3. The molecule has 3 aliphatic heterocycles. The number of carbonyl (C=O) groups is 1. The molecule has 0 amide bonds. The number of hydrogen-bond acceptors (Lipinski definition) is 7. The van der Waals surface area contributed by atoms with Crippen LogP contribution in [-0.4, -0.2) is 58.7 Å². The molecule has 8 heteroatoms. The van der Waals surface area contributed by atoms with E-state index in [4.69, 9.17) is 14.2 Å². The number of fused-ring (bicyclic) bond motifs is 3. The summed E-state index contributed by atoms with van der Waals surface area (Å²) in [6, 6.07) is 4.37. The standard InChI is InChI=1S/C20H24N4O4/c1-3-26-20(25)17-18(22-24-7-6-12(2)28-19(17)24)13-4-5-16(21-9-13)23-10-15-8-14(23)11-27-15/h4-5,9,12,14-15H,3,6-8,10-11H2,1-2H3/t12-,14+,15+/m1/s1. The molecule has 3 aliphatic rings. The van der Waals surface area contributed by atoms with Crippen LogP contribution in [0.4, 0.5) is 5.82 Å². The Labute approximate surface area is 163 Å². The summed E-state index contributed by atoms with van der Waals surface area (Å²) in [5, 5.41) is 4.64. The molecule has 28 heavy (non-hydrogen) atoms. The second kappa shape index (κ2) is 6.77. The van der Waals surface area contributed by atoms with Crippen LogP contribution in [0.25, 0.3) is 11.3 Å². The molecule has 3 atom stereocenters. The summed E-state index contributed by atoms with van der Waals surface area (Å²) >= 11 is 0. The van der Waals surface area contributed by atoms with E-state index >= 15 is 0 Å². The number of morpholine rings is 1. The van der Waals surface area contributed by atoms with Crippen molar-refractivity contribution in [2.45, 2.75) is 51.5 Å². The van der Waals surface area contributed by atoms with Crippen LogP contribution in [-0.2, 0) is 16.0 Å². The van der Waals surface area contributed by atoms with E-state index in [2.05, 4.69) is 15.0 Å². The molecule has 2 saturated heterocycles. The van der Waals surface area contributed by atoms with Crippen molar-refractivity contribution < 1.29 is 19.0 Å². The van der Waals surface area contributed by atoms with E-state index in [0.717, 1.165) is 37.4 Å². The maximum Gasteiger partial charge on any atom is 0.345 e. The van der Waals surface area contributed by atoms with Gasteiger partial charge in [-0.1, -0.05) is 0 Å². The van der Waals surface area contributed by atoms with Gasteiger partial charge in [0.25, 0.3) is 0 Å². The fourth-order valence-electron chi connectivity index (χ4n) is 4.24. The van der Waals surface area contributed by atoms with Gasteiger partial charge < -0.3 is 19.1 Å². The van der Waals surface area contributed by atoms with Crippen molar-refractivity contribution in [3.8, 4) is 17.1 Å². The fraction of sp³-hybridized carbons (Fsp3) is 0.550. The lowest BCUT2D eigenvalue weighted by Crippen LogP contribution is -2.37. The first-order chi connectivity index (χ1) is 13.6. The highest BCUT2D eigenvalue weighted by Crippen LogP contribution is 2.36. The van der Waals surface area contributed by atoms with Crippen LogP contribution in [0.5, 0.6) is 5.88 Å². The van der Waals surface area contributed by atoms with Gasteiger partial charge in [0.15, 0.2) is 0 Å². The predicted molar refractivity (Wildman–Crippen MR) is 102 cm³/mol. The molecular formula is C20H24N4O4. The minimum Gasteiger partial charge on any atom is -0.474 e. The molecule has 8 nitrogen and oxygen atoms in total. The highest BCUT2D eigenvalue weighted by atomic mass is 16.5. The van der Waals surface area contributed by atoms with Crippen molar-refractivity contribution in [3.05, 3.63) is 23.9 Å². The van der Waals surface area contributed by atoms with Crippen molar-refractivity contribution in [2.75, 3.05) is 24.7 Å². The molecular weight excluding hydrogens is 360 g/mol. The minimum atomic E-state index is -0.411. The minimum absolute atomic E-state index is 0.0403. The van der Waals surface area contributed by atoms with E-state index in [1.807, 2.05) is 19.1 Å². The molecule has 2 aromatic rings. The average molecular weight is 384 g/mol. The number of hydrogen-bond donors (Lipinski definition) is 0. The van der Waals surface area contributed by atoms with Crippen LogP contribution >= 0.6 is 0 Å². The first kappa shape index (κ1) is 17.5. The van der Waals surface area contributed by atoms with Crippen LogP contribution in [0.1, 0.15) is 37.0 Å². The van der Waals surface area contributed by atoms with Gasteiger partial charge in [-0.2, -0.15) is 5.10 Å². The summed E-state index contributed by atoms with van der Waals surface area (Å²) in [5.74, 6) is 1.02. The summed E-state index contributed by atoms with van der Waals surface area (Å²) in [6.07, 6.45) is 4.06. The quantitative estimate of drug-likeness (QED) is 0.748.